The molecule has 6 nitrogen and oxygen atoms in total. The van der Waals surface area contributed by atoms with Crippen LogP contribution < -0.4 is 10.9 Å². The zero-order valence-electron chi connectivity index (χ0n) is 15.0. The highest BCUT2D eigenvalue weighted by Gasteiger charge is 2.17. The van der Waals surface area contributed by atoms with E-state index in [1.807, 2.05) is 18.2 Å². The highest BCUT2D eigenvalue weighted by molar-refractivity contribution is 7.14. The van der Waals surface area contributed by atoms with Crippen LogP contribution in [0.3, 0.4) is 0 Å². The molecule has 1 aliphatic carbocycles. The largest absolute Gasteiger partial charge is 0.336 e. The number of amides is 3. The lowest BCUT2D eigenvalue weighted by Crippen LogP contribution is -2.47. The molecule has 0 bridgehead atoms. The Kier molecular flexibility index (Phi) is 6.22. The van der Waals surface area contributed by atoms with Crippen molar-refractivity contribution in [2.45, 2.75) is 45.1 Å². The Bertz CT molecular complexity index is 735. The summed E-state index contributed by atoms with van der Waals surface area (Å²) in [4.78, 5) is 32.0. The number of hydrogen-bond acceptors (Lipinski definition) is 4. The molecular formula is C19H24N4O2S. The Balaban J connectivity index is 1.53. The third kappa shape index (κ3) is 4.82. The van der Waals surface area contributed by atoms with Gasteiger partial charge < -0.3 is 4.90 Å². The number of aryl methyl sites for hydroxylation is 2. The van der Waals surface area contributed by atoms with Crippen LogP contribution in [0.1, 0.15) is 51.4 Å². The number of pyridine rings is 1. The van der Waals surface area contributed by atoms with Crippen LogP contribution in [0.5, 0.6) is 0 Å². The summed E-state index contributed by atoms with van der Waals surface area (Å²) in [7, 11) is 1.67. The van der Waals surface area contributed by atoms with Crippen LogP contribution in [-0.2, 0) is 19.4 Å². The van der Waals surface area contributed by atoms with Crippen molar-refractivity contribution in [2.75, 3.05) is 7.05 Å². The van der Waals surface area contributed by atoms with E-state index in [1.54, 1.807) is 30.8 Å². The molecule has 0 aromatic carbocycles. The number of carbonyl (C=O) groups excluding carboxylic acids is 2. The number of thiophene rings is 1. The second kappa shape index (κ2) is 8.80. The molecule has 0 saturated carbocycles. The molecule has 0 unspecified atom stereocenters. The predicted octanol–water partition coefficient (Wildman–Crippen LogP) is 3.29. The van der Waals surface area contributed by atoms with Crippen molar-refractivity contribution in [1.82, 2.24) is 20.7 Å². The van der Waals surface area contributed by atoms with E-state index in [0.29, 0.717) is 11.4 Å². The Morgan fingerprint density at radius 2 is 2.00 bits per heavy atom. The Labute approximate surface area is 157 Å². The number of hydrogen-bond donors (Lipinski definition) is 2. The van der Waals surface area contributed by atoms with E-state index >= 15 is 0 Å². The van der Waals surface area contributed by atoms with Crippen molar-refractivity contribution in [3.05, 3.63) is 51.5 Å². The minimum absolute atomic E-state index is 0.259. The van der Waals surface area contributed by atoms with Crippen molar-refractivity contribution in [3.63, 3.8) is 0 Å². The van der Waals surface area contributed by atoms with Crippen LogP contribution in [-0.4, -0.2) is 28.9 Å². The molecule has 2 heterocycles. The number of hydrazine groups is 1. The first kappa shape index (κ1) is 18.4. The second-order valence-corrected chi connectivity index (χ2v) is 7.71. The minimum atomic E-state index is -0.364. The summed E-state index contributed by atoms with van der Waals surface area (Å²) in [5, 5.41) is 0. The molecule has 2 N–H and O–H groups in total. The van der Waals surface area contributed by atoms with E-state index in [4.69, 9.17) is 0 Å². The first-order valence-corrected chi connectivity index (χ1v) is 9.77. The Morgan fingerprint density at radius 3 is 2.77 bits per heavy atom. The molecule has 3 amide bonds. The maximum Gasteiger partial charge on any atom is 0.336 e. The Morgan fingerprint density at radius 1 is 1.19 bits per heavy atom. The number of carbonyl (C=O) groups is 2. The molecule has 2 aromatic rings. The molecule has 0 radical (unpaired) electrons. The zero-order valence-corrected chi connectivity index (χ0v) is 15.8. The van der Waals surface area contributed by atoms with Crippen LogP contribution in [0.4, 0.5) is 4.79 Å². The molecule has 138 valence electrons. The average molecular weight is 372 g/mol. The highest BCUT2D eigenvalue weighted by atomic mass is 32.1. The fraction of sp³-hybridized carbons (Fsp3) is 0.421. The maximum absolute atomic E-state index is 12.4. The van der Waals surface area contributed by atoms with Crippen LogP contribution in [0.2, 0.25) is 0 Å². The van der Waals surface area contributed by atoms with Gasteiger partial charge in [-0.25, -0.2) is 10.2 Å². The molecule has 0 atom stereocenters. The summed E-state index contributed by atoms with van der Waals surface area (Å²) in [6, 6.07) is 5.34. The average Bonchev–Trinajstić information content (AvgIpc) is 3.02. The van der Waals surface area contributed by atoms with Gasteiger partial charge in [0.05, 0.1) is 4.88 Å². The van der Waals surface area contributed by atoms with Gasteiger partial charge in [0, 0.05) is 30.9 Å². The van der Waals surface area contributed by atoms with E-state index in [0.717, 1.165) is 18.4 Å². The van der Waals surface area contributed by atoms with E-state index < -0.39 is 0 Å². The first-order valence-electron chi connectivity index (χ1n) is 8.95. The lowest BCUT2D eigenvalue weighted by atomic mass is 10.00. The quantitative estimate of drug-likeness (QED) is 0.812. The van der Waals surface area contributed by atoms with E-state index in [2.05, 4.69) is 15.8 Å². The topological polar surface area (TPSA) is 74.3 Å². The van der Waals surface area contributed by atoms with E-state index in [1.165, 1.54) is 41.0 Å². The molecular weight excluding hydrogens is 348 g/mol. The zero-order chi connectivity index (χ0) is 18.4. The van der Waals surface area contributed by atoms with E-state index in [9.17, 15) is 9.59 Å². The summed E-state index contributed by atoms with van der Waals surface area (Å²) < 4.78 is 0. The lowest BCUT2D eigenvalue weighted by Gasteiger charge is -2.17. The SMILES string of the molecule is CN(Cc1cccnc1)C(=O)NNC(=O)c1cc2c(s1)CCCCCC2. The number of nitrogens with zero attached hydrogens (tertiary/aromatic N) is 2. The van der Waals surface area contributed by atoms with Gasteiger partial charge in [-0.1, -0.05) is 18.9 Å². The van der Waals surface area contributed by atoms with Crippen molar-refractivity contribution in [3.8, 4) is 0 Å². The molecule has 0 saturated heterocycles. The molecule has 1 aliphatic rings. The second-order valence-electron chi connectivity index (χ2n) is 6.57. The third-order valence-electron chi connectivity index (χ3n) is 4.49. The first-order chi connectivity index (χ1) is 12.6. The lowest BCUT2D eigenvalue weighted by molar-refractivity contribution is 0.0935. The van der Waals surface area contributed by atoms with Crippen LogP contribution in [0.15, 0.2) is 30.6 Å². The van der Waals surface area contributed by atoms with Gasteiger partial charge in [0.2, 0.25) is 0 Å². The van der Waals surface area contributed by atoms with Gasteiger partial charge in [-0.2, -0.15) is 0 Å². The van der Waals surface area contributed by atoms with Gasteiger partial charge in [-0.15, -0.1) is 11.3 Å². The van der Waals surface area contributed by atoms with Crippen molar-refractivity contribution >= 4 is 23.3 Å². The van der Waals surface area contributed by atoms with Gasteiger partial charge in [0.15, 0.2) is 0 Å². The van der Waals surface area contributed by atoms with E-state index in [-0.39, 0.29) is 11.9 Å². The normalized spacial score (nSPS) is 13.9. The smallest absolute Gasteiger partial charge is 0.322 e. The standard InChI is InChI=1S/C19H24N4O2S/c1-23(13-14-7-6-10-20-12-14)19(25)22-21-18(24)17-11-15-8-4-2-3-5-9-16(15)26-17/h6-7,10-12H,2-5,8-9,13H2,1H3,(H,21,24)(H,22,25). The fourth-order valence-electron chi connectivity index (χ4n) is 3.06. The fourth-order valence-corrected chi connectivity index (χ4v) is 4.21. The molecule has 2 aromatic heterocycles. The molecule has 0 fully saturated rings. The number of urea groups is 1. The van der Waals surface area contributed by atoms with Gasteiger partial charge in [0.1, 0.15) is 0 Å². The van der Waals surface area contributed by atoms with Gasteiger partial charge in [0.25, 0.3) is 5.91 Å². The minimum Gasteiger partial charge on any atom is -0.322 e. The third-order valence-corrected chi connectivity index (χ3v) is 5.73. The van der Waals surface area contributed by atoms with Crippen LogP contribution in [0.25, 0.3) is 0 Å². The number of aromatic nitrogens is 1. The summed E-state index contributed by atoms with van der Waals surface area (Å²) in [5.41, 5.74) is 7.22. The molecule has 0 aliphatic heterocycles. The molecule has 3 rings (SSSR count). The number of fused-ring (bicyclic) bond motifs is 1. The Hall–Kier alpha value is -2.41. The molecule has 7 heteroatoms. The summed E-state index contributed by atoms with van der Waals surface area (Å²) >= 11 is 1.54. The highest BCUT2D eigenvalue weighted by Crippen LogP contribution is 2.28. The van der Waals surface area contributed by atoms with Crippen molar-refractivity contribution in [2.24, 2.45) is 0 Å². The molecule has 0 spiro atoms. The maximum atomic E-state index is 12.4. The summed E-state index contributed by atoms with van der Waals surface area (Å²) in [6.45, 7) is 0.419. The van der Waals surface area contributed by atoms with Crippen LogP contribution >= 0.6 is 11.3 Å². The monoisotopic (exact) mass is 372 g/mol. The van der Waals surface area contributed by atoms with Crippen LogP contribution in [0, 0.1) is 0 Å². The van der Waals surface area contributed by atoms with Crippen molar-refractivity contribution < 1.29 is 9.59 Å². The summed E-state index contributed by atoms with van der Waals surface area (Å²) in [6.07, 6.45) is 10.4. The predicted molar refractivity (Wildman–Crippen MR) is 102 cm³/mol. The van der Waals surface area contributed by atoms with Crippen molar-refractivity contribution in [1.29, 1.82) is 0 Å². The number of rotatable bonds is 3. The van der Waals surface area contributed by atoms with Gasteiger partial charge in [-0.3, -0.25) is 15.2 Å². The van der Waals surface area contributed by atoms with Gasteiger partial charge >= 0.3 is 6.03 Å². The molecule has 26 heavy (non-hydrogen) atoms. The van der Waals surface area contributed by atoms with Gasteiger partial charge in [-0.05, 0) is 48.9 Å². The summed E-state index contributed by atoms with van der Waals surface area (Å²) in [5.74, 6) is -0.259. The number of nitrogens with one attached hydrogen (secondary N) is 2.